The Hall–Kier alpha value is -2.52. The van der Waals surface area contributed by atoms with Gasteiger partial charge in [-0.05, 0) is 35.9 Å². The Morgan fingerprint density at radius 3 is 2.29 bits per heavy atom. The van der Waals surface area contributed by atoms with E-state index in [0.29, 0.717) is 11.3 Å². The largest absolute Gasteiger partial charge is 0.456 e. The van der Waals surface area contributed by atoms with Gasteiger partial charge in [-0.3, -0.25) is 0 Å². The molecule has 0 spiro atoms. The van der Waals surface area contributed by atoms with Crippen molar-refractivity contribution in [1.82, 2.24) is 0 Å². The highest BCUT2D eigenvalue weighted by Gasteiger charge is 2.31. The highest BCUT2D eigenvalue weighted by Crippen LogP contribution is 2.33. The van der Waals surface area contributed by atoms with Gasteiger partial charge < -0.3 is 9.84 Å². The van der Waals surface area contributed by atoms with Gasteiger partial charge in [0, 0.05) is 0 Å². The first kappa shape index (κ1) is 14.9. The molecule has 0 amide bonds. The van der Waals surface area contributed by atoms with Crippen LogP contribution in [0.15, 0.2) is 42.5 Å². The molecule has 2 rings (SSSR count). The topological polar surface area (TPSA) is 53.2 Å². The van der Waals surface area contributed by atoms with Crippen LogP contribution in [0.5, 0.6) is 11.5 Å². The Morgan fingerprint density at radius 2 is 1.76 bits per heavy atom. The van der Waals surface area contributed by atoms with Crippen molar-refractivity contribution in [2.45, 2.75) is 12.8 Å². The van der Waals surface area contributed by atoms with Crippen LogP contribution in [0.3, 0.4) is 0 Å². The molecular weight excluding hydrogens is 283 g/mol. The van der Waals surface area contributed by atoms with Gasteiger partial charge in [-0.15, -0.1) is 0 Å². The van der Waals surface area contributed by atoms with E-state index in [-0.39, 0.29) is 17.9 Å². The molecule has 3 nitrogen and oxygen atoms in total. The van der Waals surface area contributed by atoms with Gasteiger partial charge in [0.05, 0.1) is 17.7 Å². The van der Waals surface area contributed by atoms with Crippen LogP contribution in [0.25, 0.3) is 0 Å². The highest BCUT2D eigenvalue weighted by molar-refractivity contribution is 5.48. The van der Waals surface area contributed by atoms with E-state index in [4.69, 9.17) is 15.1 Å². The first-order chi connectivity index (χ1) is 9.94. The van der Waals surface area contributed by atoms with E-state index in [2.05, 4.69) is 0 Å². The Balaban J connectivity index is 2.29. The maximum atomic E-state index is 12.6. The molecule has 2 aromatic carbocycles. The fourth-order valence-electron chi connectivity index (χ4n) is 1.67. The summed E-state index contributed by atoms with van der Waals surface area (Å²) >= 11 is 0. The van der Waals surface area contributed by atoms with E-state index >= 15 is 0 Å². The standard InChI is InChI=1S/C15H10F3NO2/c16-15(17,18)12-3-6-14(11(7-12)8-19)21-13-4-1-10(9-20)2-5-13/h1-7,20H,9H2. The highest BCUT2D eigenvalue weighted by atomic mass is 19.4. The van der Waals surface area contributed by atoms with Crippen LogP contribution in [-0.4, -0.2) is 5.11 Å². The first-order valence-corrected chi connectivity index (χ1v) is 5.93. The number of rotatable bonds is 3. The number of nitrogens with zero attached hydrogens (tertiary/aromatic N) is 1. The monoisotopic (exact) mass is 293 g/mol. The molecule has 0 aliphatic rings. The predicted molar refractivity (Wildman–Crippen MR) is 68.6 cm³/mol. The van der Waals surface area contributed by atoms with E-state index in [1.165, 1.54) is 0 Å². The van der Waals surface area contributed by atoms with Crippen molar-refractivity contribution in [3.63, 3.8) is 0 Å². The second-order valence-corrected chi connectivity index (χ2v) is 4.22. The Morgan fingerprint density at radius 1 is 1.10 bits per heavy atom. The number of aliphatic hydroxyl groups is 1. The fourth-order valence-corrected chi connectivity index (χ4v) is 1.67. The molecule has 0 unspecified atom stereocenters. The van der Waals surface area contributed by atoms with Crippen molar-refractivity contribution in [1.29, 1.82) is 5.26 Å². The van der Waals surface area contributed by atoms with Crippen LogP contribution >= 0.6 is 0 Å². The third-order valence-electron chi connectivity index (χ3n) is 2.76. The van der Waals surface area contributed by atoms with E-state index in [1.807, 2.05) is 0 Å². The number of aliphatic hydroxyl groups excluding tert-OH is 1. The molecule has 1 N–H and O–H groups in total. The SMILES string of the molecule is N#Cc1cc(C(F)(F)F)ccc1Oc1ccc(CO)cc1. The molecule has 108 valence electrons. The quantitative estimate of drug-likeness (QED) is 0.934. The zero-order valence-corrected chi connectivity index (χ0v) is 10.7. The molecule has 0 radical (unpaired) electrons. The van der Waals surface area contributed by atoms with Gasteiger partial charge in [-0.2, -0.15) is 18.4 Å². The van der Waals surface area contributed by atoms with Crippen molar-refractivity contribution >= 4 is 0 Å². The number of hydrogen-bond donors (Lipinski definition) is 1. The molecule has 6 heteroatoms. The molecule has 0 atom stereocenters. The van der Waals surface area contributed by atoms with Crippen LogP contribution in [0.1, 0.15) is 16.7 Å². The zero-order chi connectivity index (χ0) is 15.5. The van der Waals surface area contributed by atoms with Crippen molar-refractivity contribution in [2.75, 3.05) is 0 Å². The van der Waals surface area contributed by atoms with Crippen LogP contribution in [0.2, 0.25) is 0 Å². The Bertz CT molecular complexity index is 673. The third kappa shape index (κ3) is 3.52. The smallest absolute Gasteiger partial charge is 0.416 e. The van der Waals surface area contributed by atoms with Gasteiger partial charge in [0.25, 0.3) is 0 Å². The predicted octanol–water partition coefficient (Wildman–Crippen LogP) is 3.86. The summed E-state index contributed by atoms with van der Waals surface area (Å²) in [4.78, 5) is 0. The van der Waals surface area contributed by atoms with E-state index < -0.39 is 11.7 Å². The van der Waals surface area contributed by atoms with Crippen LogP contribution < -0.4 is 4.74 Å². The van der Waals surface area contributed by atoms with E-state index in [9.17, 15) is 13.2 Å². The molecular formula is C15H10F3NO2. The number of halogens is 3. The fraction of sp³-hybridized carbons (Fsp3) is 0.133. The summed E-state index contributed by atoms with van der Waals surface area (Å²) in [5, 5.41) is 17.9. The Kier molecular flexibility index (Phi) is 4.15. The number of ether oxygens (including phenoxy) is 1. The Labute approximate surface area is 118 Å². The second-order valence-electron chi connectivity index (χ2n) is 4.22. The molecule has 2 aromatic rings. The summed E-state index contributed by atoms with van der Waals surface area (Å²) < 4.78 is 43.1. The number of nitriles is 1. The minimum atomic E-state index is -4.51. The second kappa shape index (κ2) is 5.85. The van der Waals surface area contributed by atoms with E-state index in [1.54, 1.807) is 30.3 Å². The van der Waals surface area contributed by atoms with Crippen molar-refractivity contribution in [2.24, 2.45) is 0 Å². The van der Waals surface area contributed by atoms with Crippen LogP contribution in [0.4, 0.5) is 13.2 Å². The third-order valence-corrected chi connectivity index (χ3v) is 2.76. The molecule has 0 bridgehead atoms. The molecule has 0 saturated carbocycles. The maximum absolute atomic E-state index is 12.6. The van der Waals surface area contributed by atoms with Crippen molar-refractivity contribution < 1.29 is 23.0 Å². The zero-order valence-electron chi connectivity index (χ0n) is 10.7. The lowest BCUT2D eigenvalue weighted by Gasteiger charge is -2.11. The lowest BCUT2D eigenvalue weighted by atomic mass is 10.1. The summed E-state index contributed by atoms with van der Waals surface area (Å²) in [6, 6.07) is 10.8. The number of hydrogen-bond acceptors (Lipinski definition) is 3. The molecule has 0 heterocycles. The van der Waals surface area contributed by atoms with Crippen LogP contribution in [0, 0.1) is 11.3 Å². The summed E-state index contributed by atoms with van der Waals surface area (Å²) in [6.45, 7) is -0.121. The summed E-state index contributed by atoms with van der Waals surface area (Å²) in [5.74, 6) is 0.408. The van der Waals surface area contributed by atoms with Gasteiger partial charge in [-0.25, -0.2) is 0 Å². The lowest BCUT2D eigenvalue weighted by Crippen LogP contribution is -2.05. The summed E-state index contributed by atoms with van der Waals surface area (Å²) in [7, 11) is 0. The average molecular weight is 293 g/mol. The minimum Gasteiger partial charge on any atom is -0.456 e. The van der Waals surface area contributed by atoms with E-state index in [0.717, 1.165) is 18.2 Å². The van der Waals surface area contributed by atoms with Gasteiger partial charge >= 0.3 is 6.18 Å². The number of alkyl halides is 3. The van der Waals surface area contributed by atoms with Crippen LogP contribution in [-0.2, 0) is 12.8 Å². The average Bonchev–Trinajstić information content (AvgIpc) is 2.47. The summed E-state index contributed by atoms with van der Waals surface area (Å²) in [6.07, 6.45) is -4.51. The molecule has 21 heavy (non-hydrogen) atoms. The summed E-state index contributed by atoms with van der Waals surface area (Å²) in [5.41, 5.74) is -0.423. The normalized spacial score (nSPS) is 11.0. The molecule has 0 fully saturated rings. The van der Waals surface area contributed by atoms with Gasteiger partial charge in [0.15, 0.2) is 0 Å². The van der Waals surface area contributed by atoms with Gasteiger partial charge in [-0.1, -0.05) is 12.1 Å². The maximum Gasteiger partial charge on any atom is 0.416 e. The molecule has 0 aromatic heterocycles. The minimum absolute atomic E-state index is 0.0437. The van der Waals surface area contributed by atoms with Crippen molar-refractivity contribution in [3.8, 4) is 17.6 Å². The van der Waals surface area contributed by atoms with Gasteiger partial charge in [0.1, 0.15) is 17.6 Å². The number of benzene rings is 2. The first-order valence-electron chi connectivity index (χ1n) is 5.93. The molecule has 0 aliphatic carbocycles. The van der Waals surface area contributed by atoms with Crippen molar-refractivity contribution in [3.05, 3.63) is 59.2 Å². The molecule has 0 saturated heterocycles. The molecule has 0 aliphatic heterocycles. The van der Waals surface area contributed by atoms with Gasteiger partial charge in [0.2, 0.25) is 0 Å². The lowest BCUT2D eigenvalue weighted by molar-refractivity contribution is -0.137.